The van der Waals surface area contributed by atoms with E-state index in [2.05, 4.69) is 56.7 Å². The average molecular weight is 574 g/mol. The molecule has 0 saturated carbocycles. The first-order valence-electron chi connectivity index (χ1n) is 12.2. The smallest absolute Gasteiger partial charge is 0.191 e. The molecule has 2 heterocycles. The van der Waals surface area contributed by atoms with Crippen LogP contribution in [0.1, 0.15) is 43.7 Å². The summed E-state index contributed by atoms with van der Waals surface area (Å²) in [6.45, 7) is 6.34. The van der Waals surface area contributed by atoms with E-state index in [1.165, 1.54) is 18.4 Å². The average Bonchev–Trinajstić information content (AvgIpc) is 2.83. The number of methoxy groups -OCH3 is 2. The molecule has 2 aliphatic rings. The molecule has 8 heteroatoms. The van der Waals surface area contributed by atoms with Gasteiger partial charge in [-0.15, -0.1) is 24.0 Å². The van der Waals surface area contributed by atoms with Gasteiger partial charge in [0, 0.05) is 59.0 Å². The molecular weight excluding hydrogens is 529 g/mol. The third-order valence-corrected chi connectivity index (χ3v) is 6.97. The fourth-order valence-corrected chi connectivity index (χ4v) is 5.15. The summed E-state index contributed by atoms with van der Waals surface area (Å²) < 4.78 is 10.5. The van der Waals surface area contributed by atoms with Crippen LogP contribution >= 0.6 is 24.0 Å². The Bertz CT molecular complexity index is 695. The second-order valence-electron chi connectivity index (χ2n) is 9.16. The number of halogens is 1. The van der Waals surface area contributed by atoms with Crippen LogP contribution in [0.15, 0.2) is 29.3 Å². The third-order valence-electron chi connectivity index (χ3n) is 6.97. The molecule has 1 aromatic carbocycles. The molecule has 2 aliphatic heterocycles. The Morgan fingerprint density at radius 3 is 2.45 bits per heavy atom. The molecule has 2 fully saturated rings. The fourth-order valence-electron chi connectivity index (χ4n) is 5.15. The quantitative estimate of drug-likeness (QED) is 0.205. The van der Waals surface area contributed by atoms with Crippen LogP contribution in [0.5, 0.6) is 5.75 Å². The van der Waals surface area contributed by atoms with Gasteiger partial charge in [0.15, 0.2) is 5.96 Å². The largest absolute Gasteiger partial charge is 0.497 e. The molecule has 0 bridgehead atoms. The van der Waals surface area contributed by atoms with E-state index in [0.29, 0.717) is 18.0 Å². The van der Waals surface area contributed by atoms with Crippen molar-refractivity contribution in [1.82, 2.24) is 20.4 Å². The van der Waals surface area contributed by atoms with Crippen LogP contribution in [0, 0.1) is 5.92 Å². The standard InChI is InChI=1S/C25H43N5O2.HI/c1-26-25(28-22-12-16-30(17-13-22)15-6-18-31-3)27-19-21-7-5-14-29(2)24(21)20-8-10-23(32-4)11-9-20;/h8-11,21-22,24H,5-7,12-19H2,1-4H3,(H2,26,27,28);1H. The number of rotatable bonds is 9. The predicted molar refractivity (Wildman–Crippen MR) is 147 cm³/mol. The summed E-state index contributed by atoms with van der Waals surface area (Å²) in [4.78, 5) is 9.56. The van der Waals surface area contributed by atoms with Gasteiger partial charge in [0.05, 0.1) is 7.11 Å². The first kappa shape index (κ1) is 28.1. The van der Waals surface area contributed by atoms with Gasteiger partial charge in [-0.25, -0.2) is 0 Å². The highest BCUT2D eigenvalue weighted by Crippen LogP contribution is 2.35. The molecule has 1 aromatic rings. The van der Waals surface area contributed by atoms with Crippen molar-refractivity contribution >= 4 is 29.9 Å². The van der Waals surface area contributed by atoms with Gasteiger partial charge < -0.3 is 25.0 Å². The molecule has 188 valence electrons. The maximum absolute atomic E-state index is 5.35. The minimum Gasteiger partial charge on any atom is -0.497 e. The van der Waals surface area contributed by atoms with Gasteiger partial charge in [-0.05, 0) is 69.3 Å². The number of hydrogen-bond donors (Lipinski definition) is 2. The maximum Gasteiger partial charge on any atom is 0.191 e. The second kappa shape index (κ2) is 15.0. The Morgan fingerprint density at radius 2 is 1.82 bits per heavy atom. The van der Waals surface area contributed by atoms with Gasteiger partial charge in [-0.3, -0.25) is 9.89 Å². The van der Waals surface area contributed by atoms with Crippen molar-refractivity contribution in [3.63, 3.8) is 0 Å². The SMILES string of the molecule is CN=C(NCC1CCCN(C)C1c1ccc(OC)cc1)NC1CCN(CCCOC)CC1.I. The van der Waals surface area contributed by atoms with Crippen LogP contribution in [0.4, 0.5) is 0 Å². The van der Waals surface area contributed by atoms with E-state index in [1.54, 1.807) is 14.2 Å². The van der Waals surface area contributed by atoms with Crippen molar-refractivity contribution in [2.24, 2.45) is 10.9 Å². The lowest BCUT2D eigenvalue weighted by Crippen LogP contribution is -2.50. The van der Waals surface area contributed by atoms with E-state index < -0.39 is 0 Å². The summed E-state index contributed by atoms with van der Waals surface area (Å²) in [6, 6.07) is 9.48. The zero-order chi connectivity index (χ0) is 22.8. The number of nitrogens with one attached hydrogen (secondary N) is 2. The number of piperidine rings is 2. The Balaban J connectivity index is 0.00000385. The van der Waals surface area contributed by atoms with E-state index in [1.807, 2.05) is 7.05 Å². The molecule has 3 rings (SSSR count). The maximum atomic E-state index is 5.35. The van der Waals surface area contributed by atoms with Gasteiger partial charge in [0.1, 0.15) is 5.75 Å². The monoisotopic (exact) mass is 573 g/mol. The first-order valence-corrected chi connectivity index (χ1v) is 12.2. The molecule has 2 unspecified atom stereocenters. The van der Waals surface area contributed by atoms with Crippen LogP contribution in [-0.2, 0) is 4.74 Å². The van der Waals surface area contributed by atoms with Crippen molar-refractivity contribution in [3.05, 3.63) is 29.8 Å². The Hall–Kier alpha value is -1.10. The van der Waals surface area contributed by atoms with Crippen LogP contribution in [0.25, 0.3) is 0 Å². The number of guanidine groups is 1. The summed E-state index contributed by atoms with van der Waals surface area (Å²) in [5, 5.41) is 7.31. The van der Waals surface area contributed by atoms with Gasteiger partial charge in [-0.2, -0.15) is 0 Å². The molecule has 0 spiro atoms. The van der Waals surface area contributed by atoms with Crippen molar-refractivity contribution in [3.8, 4) is 5.75 Å². The molecule has 0 aliphatic carbocycles. The number of ether oxygens (including phenoxy) is 2. The predicted octanol–water partition coefficient (Wildman–Crippen LogP) is 3.36. The van der Waals surface area contributed by atoms with E-state index >= 15 is 0 Å². The molecular formula is C25H44IN5O2. The minimum absolute atomic E-state index is 0. The number of likely N-dealkylation sites (tertiary alicyclic amines) is 2. The van der Waals surface area contributed by atoms with E-state index in [4.69, 9.17) is 9.47 Å². The molecule has 33 heavy (non-hydrogen) atoms. The lowest BCUT2D eigenvalue weighted by Gasteiger charge is -2.40. The van der Waals surface area contributed by atoms with Gasteiger partial charge in [-0.1, -0.05) is 12.1 Å². The Kier molecular flexibility index (Phi) is 12.8. The molecule has 2 N–H and O–H groups in total. The summed E-state index contributed by atoms with van der Waals surface area (Å²) >= 11 is 0. The van der Waals surface area contributed by atoms with Crippen LogP contribution < -0.4 is 15.4 Å². The molecule has 2 atom stereocenters. The van der Waals surface area contributed by atoms with Gasteiger partial charge >= 0.3 is 0 Å². The van der Waals surface area contributed by atoms with Crippen LogP contribution in [0.3, 0.4) is 0 Å². The zero-order valence-electron chi connectivity index (χ0n) is 20.9. The summed E-state index contributed by atoms with van der Waals surface area (Å²) in [6.07, 6.45) is 5.90. The van der Waals surface area contributed by atoms with Crippen molar-refractivity contribution in [2.75, 3.05) is 67.6 Å². The highest BCUT2D eigenvalue weighted by molar-refractivity contribution is 14.0. The second-order valence-corrected chi connectivity index (χ2v) is 9.16. The normalized spacial score (nSPS) is 23.1. The summed E-state index contributed by atoms with van der Waals surface area (Å²) in [5.41, 5.74) is 1.36. The lowest BCUT2D eigenvalue weighted by molar-refractivity contribution is 0.122. The topological polar surface area (TPSA) is 61.4 Å². The summed E-state index contributed by atoms with van der Waals surface area (Å²) in [7, 11) is 7.62. The van der Waals surface area contributed by atoms with E-state index in [9.17, 15) is 0 Å². The summed E-state index contributed by atoms with van der Waals surface area (Å²) in [5.74, 6) is 2.39. The van der Waals surface area contributed by atoms with Crippen LogP contribution in [0.2, 0.25) is 0 Å². The van der Waals surface area contributed by atoms with Crippen molar-refractivity contribution in [1.29, 1.82) is 0 Å². The lowest BCUT2D eigenvalue weighted by atomic mass is 9.85. The highest BCUT2D eigenvalue weighted by Gasteiger charge is 2.30. The molecule has 0 aromatic heterocycles. The number of hydrogen-bond acceptors (Lipinski definition) is 5. The number of nitrogens with zero attached hydrogens (tertiary/aromatic N) is 3. The van der Waals surface area contributed by atoms with E-state index in [0.717, 1.165) is 70.3 Å². The van der Waals surface area contributed by atoms with Crippen molar-refractivity contribution in [2.45, 2.75) is 44.2 Å². The third kappa shape index (κ3) is 8.56. The number of aliphatic imine (C=N–C) groups is 1. The number of benzene rings is 1. The first-order chi connectivity index (χ1) is 15.6. The molecule has 0 radical (unpaired) electrons. The van der Waals surface area contributed by atoms with Crippen molar-refractivity contribution < 1.29 is 9.47 Å². The molecule has 7 nitrogen and oxygen atoms in total. The molecule has 2 saturated heterocycles. The van der Waals surface area contributed by atoms with E-state index in [-0.39, 0.29) is 24.0 Å². The van der Waals surface area contributed by atoms with Crippen LogP contribution in [-0.4, -0.2) is 89.4 Å². The minimum atomic E-state index is 0. The zero-order valence-corrected chi connectivity index (χ0v) is 23.2. The molecule has 0 amide bonds. The van der Waals surface area contributed by atoms with Gasteiger partial charge in [0.25, 0.3) is 0 Å². The van der Waals surface area contributed by atoms with Gasteiger partial charge in [0.2, 0.25) is 0 Å². The highest BCUT2D eigenvalue weighted by atomic mass is 127. The Labute approximate surface area is 217 Å². The Morgan fingerprint density at radius 1 is 1.09 bits per heavy atom. The fraction of sp³-hybridized carbons (Fsp3) is 0.720.